The molecule has 0 aliphatic heterocycles. The maximum Gasteiger partial charge on any atom is 0.303 e. The van der Waals surface area contributed by atoms with Gasteiger partial charge in [-0.25, -0.2) is 4.98 Å². The van der Waals surface area contributed by atoms with E-state index in [1.54, 1.807) is 6.20 Å². The summed E-state index contributed by atoms with van der Waals surface area (Å²) in [5.74, 6) is -0.0156. The molecule has 0 unspecified atom stereocenters. The Labute approximate surface area is 165 Å². The number of benzene rings is 2. The Morgan fingerprint density at radius 2 is 1.54 bits per heavy atom. The molecule has 3 aromatic rings. The highest BCUT2D eigenvalue weighted by Gasteiger charge is 2.17. The molecule has 2 aromatic carbocycles. The fourth-order valence-corrected chi connectivity index (χ4v) is 3.16. The zero-order valence-corrected chi connectivity index (χ0v) is 16.2. The SMILES string of the molecule is CC(C)N(CCCC(=O)O)c1cnc(-c2ccccc2)c(-c2ccccc2)n1. The molecular weight excluding hydrogens is 350 g/mol. The molecule has 5 nitrogen and oxygen atoms in total. The second-order valence-corrected chi connectivity index (χ2v) is 6.94. The lowest BCUT2D eigenvalue weighted by Gasteiger charge is -2.28. The van der Waals surface area contributed by atoms with Crippen LogP contribution in [0.5, 0.6) is 0 Å². The number of nitrogens with zero attached hydrogens (tertiary/aromatic N) is 3. The van der Waals surface area contributed by atoms with Gasteiger partial charge in [-0.2, -0.15) is 0 Å². The monoisotopic (exact) mass is 375 g/mol. The van der Waals surface area contributed by atoms with E-state index < -0.39 is 5.97 Å². The van der Waals surface area contributed by atoms with Crippen molar-refractivity contribution in [2.45, 2.75) is 32.7 Å². The van der Waals surface area contributed by atoms with Crippen LogP contribution in [-0.2, 0) is 4.79 Å². The van der Waals surface area contributed by atoms with Gasteiger partial charge in [0.2, 0.25) is 0 Å². The Balaban J connectivity index is 2.02. The van der Waals surface area contributed by atoms with Gasteiger partial charge in [0.05, 0.1) is 17.6 Å². The van der Waals surface area contributed by atoms with E-state index in [1.807, 2.05) is 60.7 Å². The van der Waals surface area contributed by atoms with E-state index in [9.17, 15) is 4.79 Å². The topological polar surface area (TPSA) is 66.3 Å². The highest BCUT2D eigenvalue weighted by molar-refractivity contribution is 5.78. The van der Waals surface area contributed by atoms with Crippen LogP contribution in [0.25, 0.3) is 22.5 Å². The first-order valence-corrected chi connectivity index (χ1v) is 9.52. The van der Waals surface area contributed by atoms with E-state index in [1.165, 1.54) is 0 Å². The summed E-state index contributed by atoms with van der Waals surface area (Å²) in [5, 5.41) is 8.94. The Bertz CT molecular complexity index is 912. The molecule has 0 fully saturated rings. The van der Waals surface area contributed by atoms with Crippen LogP contribution in [0.1, 0.15) is 26.7 Å². The van der Waals surface area contributed by atoms with Crippen LogP contribution in [0.3, 0.4) is 0 Å². The Morgan fingerprint density at radius 3 is 2.07 bits per heavy atom. The Kier molecular flexibility index (Phi) is 6.37. The van der Waals surface area contributed by atoms with Crippen molar-refractivity contribution >= 4 is 11.8 Å². The molecule has 28 heavy (non-hydrogen) atoms. The van der Waals surface area contributed by atoms with Crippen molar-refractivity contribution in [2.24, 2.45) is 0 Å². The molecular formula is C23H25N3O2. The number of aromatic nitrogens is 2. The number of carbonyl (C=O) groups is 1. The largest absolute Gasteiger partial charge is 0.481 e. The average molecular weight is 375 g/mol. The summed E-state index contributed by atoms with van der Waals surface area (Å²) in [6.07, 6.45) is 2.50. The van der Waals surface area contributed by atoms with Crippen molar-refractivity contribution in [1.29, 1.82) is 0 Å². The predicted octanol–water partition coefficient (Wildman–Crippen LogP) is 4.89. The van der Waals surface area contributed by atoms with Gasteiger partial charge in [0, 0.05) is 30.1 Å². The number of rotatable bonds is 8. The summed E-state index contributed by atoms with van der Waals surface area (Å²) in [7, 11) is 0. The quantitative estimate of drug-likeness (QED) is 0.607. The molecule has 0 atom stereocenters. The second-order valence-electron chi connectivity index (χ2n) is 6.94. The second kappa shape index (κ2) is 9.13. The van der Waals surface area contributed by atoms with Gasteiger partial charge in [-0.3, -0.25) is 9.78 Å². The highest BCUT2D eigenvalue weighted by atomic mass is 16.4. The lowest BCUT2D eigenvalue weighted by molar-refractivity contribution is -0.137. The van der Waals surface area contributed by atoms with Crippen molar-refractivity contribution < 1.29 is 9.90 Å². The van der Waals surface area contributed by atoms with Crippen molar-refractivity contribution in [3.05, 3.63) is 66.9 Å². The van der Waals surface area contributed by atoms with E-state index >= 15 is 0 Å². The van der Waals surface area contributed by atoms with Crippen molar-refractivity contribution in [3.8, 4) is 22.5 Å². The van der Waals surface area contributed by atoms with E-state index in [0.717, 1.165) is 28.3 Å². The molecule has 0 saturated heterocycles. The number of hydrogen-bond acceptors (Lipinski definition) is 4. The van der Waals surface area contributed by atoms with Gasteiger partial charge in [0.15, 0.2) is 0 Å². The maximum absolute atomic E-state index is 10.9. The molecule has 0 radical (unpaired) electrons. The predicted molar refractivity (Wildman–Crippen MR) is 112 cm³/mol. The summed E-state index contributed by atoms with van der Waals surface area (Å²) in [6, 6.07) is 20.2. The normalized spacial score (nSPS) is 10.8. The smallest absolute Gasteiger partial charge is 0.303 e. The molecule has 1 N–H and O–H groups in total. The summed E-state index contributed by atoms with van der Waals surface area (Å²) in [4.78, 5) is 22.7. The minimum absolute atomic E-state index is 0.143. The summed E-state index contributed by atoms with van der Waals surface area (Å²) < 4.78 is 0. The zero-order valence-electron chi connectivity index (χ0n) is 16.2. The molecule has 5 heteroatoms. The lowest BCUT2D eigenvalue weighted by atomic mass is 10.0. The Hall–Kier alpha value is -3.21. The summed E-state index contributed by atoms with van der Waals surface area (Å²) in [5.41, 5.74) is 3.69. The number of hydrogen-bond donors (Lipinski definition) is 1. The molecule has 0 bridgehead atoms. The number of carboxylic acids is 1. The first-order chi connectivity index (χ1) is 13.6. The van der Waals surface area contributed by atoms with Gasteiger partial charge >= 0.3 is 5.97 Å². The van der Waals surface area contributed by atoms with Gasteiger partial charge in [-0.15, -0.1) is 0 Å². The molecule has 0 aliphatic carbocycles. The fraction of sp³-hybridized carbons (Fsp3) is 0.261. The lowest BCUT2D eigenvalue weighted by Crippen LogP contribution is -2.33. The first-order valence-electron chi connectivity index (χ1n) is 9.52. The molecule has 0 aliphatic rings. The maximum atomic E-state index is 10.9. The van der Waals surface area contributed by atoms with E-state index in [4.69, 9.17) is 15.1 Å². The van der Waals surface area contributed by atoms with Crippen molar-refractivity contribution in [2.75, 3.05) is 11.4 Å². The fourth-order valence-electron chi connectivity index (χ4n) is 3.16. The van der Waals surface area contributed by atoms with Crippen molar-refractivity contribution in [1.82, 2.24) is 9.97 Å². The van der Waals surface area contributed by atoms with Crippen LogP contribution < -0.4 is 4.90 Å². The highest BCUT2D eigenvalue weighted by Crippen LogP contribution is 2.30. The minimum Gasteiger partial charge on any atom is -0.481 e. The minimum atomic E-state index is -0.779. The number of anilines is 1. The van der Waals surface area contributed by atoms with Crippen LogP contribution in [0.4, 0.5) is 5.82 Å². The van der Waals surface area contributed by atoms with E-state index in [-0.39, 0.29) is 12.5 Å². The van der Waals surface area contributed by atoms with Gasteiger partial charge in [-0.1, -0.05) is 60.7 Å². The summed E-state index contributed by atoms with van der Waals surface area (Å²) >= 11 is 0. The third kappa shape index (κ3) is 4.74. The molecule has 0 amide bonds. The van der Waals surface area contributed by atoms with E-state index in [2.05, 4.69) is 18.7 Å². The van der Waals surface area contributed by atoms with Crippen LogP contribution >= 0.6 is 0 Å². The number of aliphatic carboxylic acids is 1. The van der Waals surface area contributed by atoms with Crippen LogP contribution in [0.15, 0.2) is 66.9 Å². The average Bonchev–Trinajstić information content (AvgIpc) is 2.72. The molecule has 3 rings (SSSR count). The van der Waals surface area contributed by atoms with Crippen LogP contribution in [-0.4, -0.2) is 33.6 Å². The van der Waals surface area contributed by atoms with Gasteiger partial charge < -0.3 is 10.0 Å². The molecule has 1 aromatic heterocycles. The molecule has 144 valence electrons. The van der Waals surface area contributed by atoms with Crippen LogP contribution in [0.2, 0.25) is 0 Å². The molecule has 1 heterocycles. The molecule has 0 saturated carbocycles. The number of carboxylic acid groups (broad SMARTS) is 1. The molecule has 0 spiro atoms. The van der Waals surface area contributed by atoms with Crippen LogP contribution in [0, 0.1) is 0 Å². The zero-order chi connectivity index (χ0) is 19.9. The summed E-state index contributed by atoms with van der Waals surface area (Å²) in [6.45, 7) is 4.78. The third-order valence-electron chi connectivity index (χ3n) is 4.56. The third-order valence-corrected chi connectivity index (χ3v) is 4.56. The van der Waals surface area contributed by atoms with Gasteiger partial charge in [0.25, 0.3) is 0 Å². The van der Waals surface area contributed by atoms with Crippen molar-refractivity contribution in [3.63, 3.8) is 0 Å². The van der Waals surface area contributed by atoms with Gasteiger partial charge in [-0.05, 0) is 20.3 Å². The first kappa shape index (κ1) is 19.5. The Morgan fingerprint density at radius 1 is 0.964 bits per heavy atom. The van der Waals surface area contributed by atoms with E-state index in [0.29, 0.717) is 13.0 Å². The van der Waals surface area contributed by atoms with Gasteiger partial charge in [0.1, 0.15) is 5.82 Å². The standard InChI is InChI=1S/C23H25N3O2/c1-17(2)26(15-9-14-21(27)28)20-16-24-22(18-10-5-3-6-11-18)23(25-20)19-12-7-4-8-13-19/h3-8,10-13,16-17H,9,14-15H2,1-2H3,(H,27,28).